The zero-order chi connectivity index (χ0) is 18.9. The van der Waals surface area contributed by atoms with E-state index in [1.165, 1.54) is 32.6 Å². The normalized spacial score (nSPS) is 10.4. The van der Waals surface area contributed by atoms with E-state index in [0.29, 0.717) is 22.6 Å². The molecule has 0 aliphatic carbocycles. The Morgan fingerprint density at radius 3 is 2.54 bits per heavy atom. The van der Waals surface area contributed by atoms with Gasteiger partial charge in [0.05, 0.1) is 27.0 Å². The average Bonchev–Trinajstić information content (AvgIpc) is 2.67. The van der Waals surface area contributed by atoms with E-state index in [4.69, 9.17) is 9.47 Å². The molecule has 0 unspecified atom stereocenters. The number of amides is 2. The Morgan fingerprint density at radius 1 is 1.12 bits per heavy atom. The predicted molar refractivity (Wildman–Crippen MR) is 95.7 cm³/mol. The van der Waals surface area contributed by atoms with Gasteiger partial charge in [0.25, 0.3) is 11.8 Å². The van der Waals surface area contributed by atoms with Crippen LogP contribution in [-0.4, -0.2) is 43.9 Å². The van der Waals surface area contributed by atoms with Crippen LogP contribution in [0.4, 0.5) is 0 Å². The fourth-order valence-electron chi connectivity index (χ4n) is 2.05. The molecular weight excluding hydrogens is 338 g/mol. The van der Waals surface area contributed by atoms with Crippen molar-refractivity contribution in [3.05, 3.63) is 53.6 Å². The molecule has 2 aromatic rings. The van der Waals surface area contributed by atoms with Crippen molar-refractivity contribution in [3.63, 3.8) is 0 Å². The molecule has 0 heterocycles. The van der Waals surface area contributed by atoms with Crippen LogP contribution in [0, 0.1) is 0 Å². The van der Waals surface area contributed by atoms with Crippen LogP contribution in [0.15, 0.2) is 47.6 Å². The van der Waals surface area contributed by atoms with Crippen LogP contribution in [-0.2, 0) is 4.79 Å². The minimum absolute atomic E-state index is 0.0484. The van der Waals surface area contributed by atoms with Gasteiger partial charge in [-0.25, -0.2) is 5.43 Å². The third kappa shape index (κ3) is 4.97. The minimum atomic E-state index is -0.509. The highest BCUT2D eigenvalue weighted by molar-refractivity contribution is 5.97. The van der Waals surface area contributed by atoms with Crippen molar-refractivity contribution < 1.29 is 24.2 Å². The van der Waals surface area contributed by atoms with E-state index in [9.17, 15) is 14.7 Å². The van der Waals surface area contributed by atoms with E-state index in [1.807, 2.05) is 0 Å². The molecule has 2 amide bonds. The van der Waals surface area contributed by atoms with Crippen molar-refractivity contribution in [2.24, 2.45) is 5.10 Å². The van der Waals surface area contributed by atoms with Gasteiger partial charge in [-0.1, -0.05) is 12.1 Å². The fourth-order valence-corrected chi connectivity index (χ4v) is 2.05. The van der Waals surface area contributed by atoms with Crippen LogP contribution < -0.4 is 20.2 Å². The number of ether oxygens (including phenoxy) is 2. The van der Waals surface area contributed by atoms with E-state index < -0.39 is 11.8 Å². The van der Waals surface area contributed by atoms with Crippen molar-refractivity contribution >= 4 is 18.0 Å². The number of nitrogens with zero attached hydrogens (tertiary/aromatic N) is 1. The molecule has 2 aromatic carbocycles. The second-order valence-electron chi connectivity index (χ2n) is 5.10. The first-order valence-electron chi connectivity index (χ1n) is 7.65. The Bertz CT molecular complexity index is 820. The molecule has 8 nitrogen and oxygen atoms in total. The molecule has 0 fully saturated rings. The number of methoxy groups -OCH3 is 2. The first-order chi connectivity index (χ1) is 12.5. The molecule has 0 atom stereocenters. The smallest absolute Gasteiger partial charge is 0.259 e. The number of phenols is 1. The van der Waals surface area contributed by atoms with Gasteiger partial charge < -0.3 is 19.9 Å². The SMILES string of the molecule is COc1ccc(C(=O)NCC(=O)NN=Cc2ccccc2O)cc1OC. The molecule has 136 valence electrons. The summed E-state index contributed by atoms with van der Waals surface area (Å²) in [6.45, 7) is -0.259. The summed E-state index contributed by atoms with van der Waals surface area (Å²) in [7, 11) is 2.97. The average molecular weight is 357 g/mol. The number of carbonyl (C=O) groups excluding carboxylic acids is 2. The molecule has 26 heavy (non-hydrogen) atoms. The molecule has 3 N–H and O–H groups in total. The molecule has 0 saturated heterocycles. The second kappa shape index (κ2) is 9.07. The minimum Gasteiger partial charge on any atom is -0.507 e. The van der Waals surface area contributed by atoms with Gasteiger partial charge in [-0.3, -0.25) is 9.59 Å². The predicted octanol–water partition coefficient (Wildman–Crippen LogP) is 1.29. The lowest BCUT2D eigenvalue weighted by Crippen LogP contribution is -2.34. The van der Waals surface area contributed by atoms with E-state index in [2.05, 4.69) is 15.8 Å². The Balaban J connectivity index is 1.87. The van der Waals surface area contributed by atoms with Crippen LogP contribution in [0.3, 0.4) is 0 Å². The number of nitrogens with one attached hydrogen (secondary N) is 2. The highest BCUT2D eigenvalue weighted by atomic mass is 16.5. The van der Waals surface area contributed by atoms with Crippen molar-refractivity contribution in [3.8, 4) is 17.2 Å². The van der Waals surface area contributed by atoms with Gasteiger partial charge in [-0.2, -0.15) is 5.10 Å². The van der Waals surface area contributed by atoms with Gasteiger partial charge in [0.1, 0.15) is 5.75 Å². The quantitative estimate of drug-likeness (QED) is 0.511. The number of hydrogen-bond acceptors (Lipinski definition) is 6. The van der Waals surface area contributed by atoms with Crippen molar-refractivity contribution in [1.82, 2.24) is 10.7 Å². The van der Waals surface area contributed by atoms with E-state index in [0.717, 1.165) is 0 Å². The number of phenolic OH excluding ortho intramolecular Hbond substituents is 1. The lowest BCUT2D eigenvalue weighted by Gasteiger charge is -2.09. The number of hydrazone groups is 1. The number of hydrogen-bond donors (Lipinski definition) is 3. The monoisotopic (exact) mass is 357 g/mol. The van der Waals surface area contributed by atoms with Crippen LogP contribution in [0.2, 0.25) is 0 Å². The van der Waals surface area contributed by atoms with Crippen LogP contribution in [0.1, 0.15) is 15.9 Å². The maximum atomic E-state index is 12.1. The van der Waals surface area contributed by atoms with E-state index >= 15 is 0 Å². The van der Waals surface area contributed by atoms with Crippen molar-refractivity contribution in [2.75, 3.05) is 20.8 Å². The highest BCUT2D eigenvalue weighted by Crippen LogP contribution is 2.27. The first kappa shape index (κ1) is 18.8. The lowest BCUT2D eigenvalue weighted by atomic mass is 10.2. The molecule has 0 spiro atoms. The standard InChI is InChI=1S/C18H19N3O5/c1-25-15-8-7-12(9-16(15)26-2)18(24)19-11-17(23)21-20-10-13-5-3-4-6-14(13)22/h3-10,22H,11H2,1-2H3,(H,19,24)(H,21,23). The number of carbonyl (C=O) groups is 2. The summed E-state index contributed by atoms with van der Waals surface area (Å²) < 4.78 is 10.2. The van der Waals surface area contributed by atoms with Gasteiger partial charge in [-0.15, -0.1) is 0 Å². The Labute approximate surface area is 150 Å². The fraction of sp³-hybridized carbons (Fsp3) is 0.167. The highest BCUT2D eigenvalue weighted by Gasteiger charge is 2.11. The summed E-state index contributed by atoms with van der Waals surface area (Å²) >= 11 is 0. The van der Waals surface area contributed by atoms with Gasteiger partial charge in [0.15, 0.2) is 11.5 Å². The summed E-state index contributed by atoms with van der Waals surface area (Å²) in [5.41, 5.74) is 3.05. The van der Waals surface area contributed by atoms with Gasteiger partial charge in [0.2, 0.25) is 0 Å². The molecule has 2 rings (SSSR count). The zero-order valence-electron chi connectivity index (χ0n) is 14.4. The molecule has 0 saturated carbocycles. The maximum absolute atomic E-state index is 12.1. The summed E-state index contributed by atoms with van der Waals surface area (Å²) in [4.78, 5) is 23.8. The third-order valence-corrected chi connectivity index (χ3v) is 3.38. The van der Waals surface area contributed by atoms with E-state index in [1.54, 1.807) is 30.3 Å². The number of aromatic hydroxyl groups is 1. The third-order valence-electron chi connectivity index (χ3n) is 3.38. The topological polar surface area (TPSA) is 109 Å². The first-order valence-corrected chi connectivity index (χ1v) is 7.65. The summed E-state index contributed by atoms with van der Waals surface area (Å²) in [6, 6.07) is 11.2. The summed E-state index contributed by atoms with van der Waals surface area (Å²) in [5, 5.41) is 15.8. The molecular formula is C18H19N3O5. The van der Waals surface area contributed by atoms with Crippen LogP contribution >= 0.6 is 0 Å². The molecule has 0 aromatic heterocycles. The largest absolute Gasteiger partial charge is 0.507 e. The van der Waals surface area contributed by atoms with Gasteiger partial charge in [-0.05, 0) is 30.3 Å². The second-order valence-corrected chi connectivity index (χ2v) is 5.10. The molecule has 0 radical (unpaired) electrons. The number of benzene rings is 2. The Hall–Kier alpha value is -3.55. The van der Waals surface area contributed by atoms with Crippen LogP contribution in [0.25, 0.3) is 0 Å². The number of para-hydroxylation sites is 1. The summed E-state index contributed by atoms with van der Waals surface area (Å²) in [5.74, 6) is 0.0145. The Morgan fingerprint density at radius 2 is 1.85 bits per heavy atom. The van der Waals surface area contributed by atoms with Crippen LogP contribution in [0.5, 0.6) is 17.2 Å². The number of rotatable bonds is 7. The van der Waals surface area contributed by atoms with Gasteiger partial charge >= 0.3 is 0 Å². The lowest BCUT2D eigenvalue weighted by molar-refractivity contribution is -0.120. The molecule has 8 heteroatoms. The molecule has 0 bridgehead atoms. The summed E-state index contributed by atoms with van der Waals surface area (Å²) in [6.07, 6.45) is 1.31. The van der Waals surface area contributed by atoms with Crippen molar-refractivity contribution in [2.45, 2.75) is 0 Å². The zero-order valence-corrected chi connectivity index (χ0v) is 14.4. The Kier molecular flexibility index (Phi) is 6.55. The van der Waals surface area contributed by atoms with E-state index in [-0.39, 0.29) is 12.3 Å². The molecule has 0 aliphatic rings. The maximum Gasteiger partial charge on any atom is 0.259 e. The van der Waals surface area contributed by atoms with Crippen molar-refractivity contribution in [1.29, 1.82) is 0 Å². The van der Waals surface area contributed by atoms with Gasteiger partial charge in [0, 0.05) is 11.1 Å². The molecule has 0 aliphatic heterocycles.